The minimum absolute atomic E-state index is 0.0321. The van der Waals surface area contributed by atoms with Gasteiger partial charge in [-0.3, -0.25) is 0 Å². The maximum Gasteiger partial charge on any atom is 0.337 e. The van der Waals surface area contributed by atoms with Gasteiger partial charge in [0.15, 0.2) is 0 Å². The first-order valence-electron chi connectivity index (χ1n) is 7.26. The third-order valence-corrected chi connectivity index (χ3v) is 4.79. The summed E-state index contributed by atoms with van der Waals surface area (Å²) < 4.78 is 32.9. The van der Waals surface area contributed by atoms with E-state index < -0.39 is 16.1 Å². The first-order valence-corrected chi connectivity index (χ1v) is 9.07. The number of carbonyl (C=O) groups excluding carboxylic acids is 1. The molecular weight excluding hydrogens is 304 g/mol. The number of hydrogen-bond donors (Lipinski definition) is 0. The molecule has 1 aromatic carbocycles. The molecule has 1 saturated carbocycles. The molecule has 0 bridgehead atoms. The number of carbonyl (C=O) groups is 1. The van der Waals surface area contributed by atoms with Gasteiger partial charge in [-0.1, -0.05) is 20.3 Å². The number of ether oxygens (including phenoxy) is 1. The summed E-state index contributed by atoms with van der Waals surface area (Å²) in [5.41, 5.74) is 1.20. The van der Waals surface area contributed by atoms with E-state index in [1.165, 1.54) is 19.2 Å². The molecule has 6 heteroatoms. The highest BCUT2D eigenvalue weighted by Crippen LogP contribution is 2.51. The van der Waals surface area contributed by atoms with Crippen LogP contribution in [-0.4, -0.2) is 27.8 Å². The van der Waals surface area contributed by atoms with E-state index in [2.05, 4.69) is 13.8 Å². The number of methoxy groups -OCH3 is 1. The van der Waals surface area contributed by atoms with Gasteiger partial charge in [0.2, 0.25) is 0 Å². The molecular formula is C16H22O5S. The predicted molar refractivity (Wildman–Crippen MR) is 83.6 cm³/mol. The van der Waals surface area contributed by atoms with Crippen molar-refractivity contribution in [1.29, 1.82) is 0 Å². The minimum atomic E-state index is -3.62. The number of benzene rings is 1. The van der Waals surface area contributed by atoms with Gasteiger partial charge in [-0.25, -0.2) is 4.79 Å². The Morgan fingerprint density at radius 2 is 2.00 bits per heavy atom. The van der Waals surface area contributed by atoms with Crippen molar-refractivity contribution in [1.82, 2.24) is 0 Å². The normalized spacial score (nSPS) is 20.6. The van der Waals surface area contributed by atoms with Crippen LogP contribution in [0.15, 0.2) is 18.2 Å². The van der Waals surface area contributed by atoms with Gasteiger partial charge in [0, 0.05) is 5.56 Å². The number of hydrogen-bond acceptors (Lipinski definition) is 5. The summed E-state index contributed by atoms with van der Waals surface area (Å²) >= 11 is 0. The van der Waals surface area contributed by atoms with E-state index in [4.69, 9.17) is 8.92 Å². The Labute approximate surface area is 131 Å². The SMILES string of the molecule is COC(=O)c1ccc(OS(C)(=O)=O)c(C2CCCC2(C)C)c1. The molecule has 1 aliphatic rings. The second-order valence-electron chi connectivity index (χ2n) is 6.47. The van der Waals surface area contributed by atoms with Crippen LogP contribution in [0.3, 0.4) is 0 Å². The van der Waals surface area contributed by atoms with Gasteiger partial charge in [0.25, 0.3) is 0 Å². The molecule has 0 aliphatic heterocycles. The Balaban J connectivity index is 2.52. The lowest BCUT2D eigenvalue weighted by Crippen LogP contribution is -2.18. The van der Waals surface area contributed by atoms with Crippen molar-refractivity contribution >= 4 is 16.1 Å². The summed E-state index contributed by atoms with van der Waals surface area (Å²) in [6.45, 7) is 4.30. The highest BCUT2D eigenvalue weighted by Gasteiger charge is 2.37. The lowest BCUT2D eigenvalue weighted by atomic mass is 9.77. The zero-order chi connectivity index (χ0) is 16.5. The second kappa shape index (κ2) is 5.91. The lowest BCUT2D eigenvalue weighted by molar-refractivity contribution is 0.0600. The van der Waals surface area contributed by atoms with Crippen LogP contribution in [0.25, 0.3) is 0 Å². The summed E-state index contributed by atoms with van der Waals surface area (Å²) in [6, 6.07) is 4.76. The summed E-state index contributed by atoms with van der Waals surface area (Å²) in [4.78, 5) is 11.8. The highest BCUT2D eigenvalue weighted by molar-refractivity contribution is 7.86. The van der Waals surface area contributed by atoms with Crippen LogP contribution in [0, 0.1) is 5.41 Å². The molecule has 122 valence electrons. The van der Waals surface area contributed by atoms with Crippen LogP contribution in [0.4, 0.5) is 0 Å². The van der Waals surface area contributed by atoms with Crippen LogP contribution in [0.1, 0.15) is 54.9 Å². The molecule has 0 radical (unpaired) electrons. The van der Waals surface area contributed by atoms with E-state index in [0.29, 0.717) is 11.3 Å². The number of rotatable bonds is 4. The van der Waals surface area contributed by atoms with E-state index in [0.717, 1.165) is 31.1 Å². The van der Waals surface area contributed by atoms with Crippen molar-refractivity contribution in [2.75, 3.05) is 13.4 Å². The fourth-order valence-corrected chi connectivity index (χ4v) is 3.69. The van der Waals surface area contributed by atoms with Crippen molar-refractivity contribution < 1.29 is 22.1 Å². The summed E-state index contributed by atoms with van der Waals surface area (Å²) in [6.07, 6.45) is 4.08. The molecule has 1 aliphatic carbocycles. The molecule has 0 N–H and O–H groups in total. The molecule has 0 saturated heterocycles. The zero-order valence-corrected chi connectivity index (χ0v) is 14.2. The third-order valence-electron chi connectivity index (χ3n) is 4.30. The standard InChI is InChI=1S/C16H22O5S/c1-16(2)9-5-6-13(16)12-10-11(15(17)20-3)7-8-14(12)21-22(4,18)19/h7-8,10,13H,5-6,9H2,1-4H3. The Hall–Kier alpha value is -1.56. The Bertz CT molecular complexity index is 676. The Morgan fingerprint density at radius 1 is 1.32 bits per heavy atom. The molecule has 1 aromatic rings. The van der Waals surface area contributed by atoms with Gasteiger partial charge in [-0.15, -0.1) is 0 Å². The third kappa shape index (κ3) is 3.61. The van der Waals surface area contributed by atoms with Crippen molar-refractivity contribution in [3.63, 3.8) is 0 Å². The van der Waals surface area contributed by atoms with Crippen LogP contribution in [0.2, 0.25) is 0 Å². The first kappa shape index (κ1) is 16.8. The molecule has 0 amide bonds. The summed E-state index contributed by atoms with van der Waals surface area (Å²) in [5.74, 6) is 0.00643. The van der Waals surface area contributed by atoms with Gasteiger partial charge in [0.1, 0.15) is 5.75 Å². The minimum Gasteiger partial charge on any atom is -0.465 e. The molecule has 0 spiro atoms. The fraction of sp³-hybridized carbons (Fsp3) is 0.562. The zero-order valence-electron chi connectivity index (χ0n) is 13.4. The van der Waals surface area contributed by atoms with E-state index in [9.17, 15) is 13.2 Å². The van der Waals surface area contributed by atoms with Crippen LogP contribution < -0.4 is 4.18 Å². The predicted octanol–water partition coefficient (Wildman–Crippen LogP) is 3.11. The highest BCUT2D eigenvalue weighted by atomic mass is 32.2. The largest absolute Gasteiger partial charge is 0.465 e. The van der Waals surface area contributed by atoms with Crippen LogP contribution >= 0.6 is 0 Å². The average Bonchev–Trinajstić information content (AvgIpc) is 2.76. The number of esters is 1. The lowest BCUT2D eigenvalue weighted by Gasteiger charge is -2.28. The topological polar surface area (TPSA) is 69.7 Å². The fourth-order valence-electron chi connectivity index (χ4n) is 3.21. The second-order valence-corrected chi connectivity index (χ2v) is 8.04. The van der Waals surface area contributed by atoms with Crippen LogP contribution in [0.5, 0.6) is 5.75 Å². The van der Waals surface area contributed by atoms with Gasteiger partial charge < -0.3 is 8.92 Å². The van der Waals surface area contributed by atoms with Crippen molar-refractivity contribution in [2.24, 2.45) is 5.41 Å². The maximum absolute atomic E-state index is 11.8. The molecule has 2 rings (SSSR count). The van der Waals surface area contributed by atoms with Crippen molar-refractivity contribution in [3.05, 3.63) is 29.3 Å². The summed E-state index contributed by atoms with van der Waals surface area (Å²) in [5, 5.41) is 0. The molecule has 1 unspecified atom stereocenters. The molecule has 5 nitrogen and oxygen atoms in total. The first-order chi connectivity index (χ1) is 10.1. The van der Waals surface area contributed by atoms with Gasteiger partial charge in [-0.2, -0.15) is 8.42 Å². The summed E-state index contributed by atoms with van der Waals surface area (Å²) in [7, 11) is -2.30. The van der Waals surface area contributed by atoms with Gasteiger partial charge in [-0.05, 0) is 42.4 Å². The van der Waals surface area contributed by atoms with Crippen LogP contribution in [-0.2, 0) is 14.9 Å². The quantitative estimate of drug-likeness (QED) is 0.628. The monoisotopic (exact) mass is 326 g/mol. The Morgan fingerprint density at radius 3 is 2.50 bits per heavy atom. The molecule has 22 heavy (non-hydrogen) atoms. The molecule has 1 fully saturated rings. The molecule has 1 atom stereocenters. The van der Waals surface area contributed by atoms with Crippen molar-refractivity contribution in [2.45, 2.75) is 39.0 Å². The van der Waals surface area contributed by atoms with E-state index in [-0.39, 0.29) is 11.3 Å². The maximum atomic E-state index is 11.8. The average molecular weight is 326 g/mol. The Kier molecular flexibility index (Phi) is 4.52. The van der Waals surface area contributed by atoms with Gasteiger partial charge >= 0.3 is 16.1 Å². The smallest absolute Gasteiger partial charge is 0.337 e. The molecule has 0 heterocycles. The van der Waals surface area contributed by atoms with Crippen molar-refractivity contribution in [3.8, 4) is 5.75 Å². The van der Waals surface area contributed by atoms with Gasteiger partial charge in [0.05, 0.1) is 18.9 Å². The van der Waals surface area contributed by atoms with E-state index >= 15 is 0 Å². The van der Waals surface area contributed by atoms with E-state index in [1.807, 2.05) is 0 Å². The van der Waals surface area contributed by atoms with E-state index in [1.54, 1.807) is 6.07 Å². The molecule has 0 aromatic heterocycles.